The highest BCUT2D eigenvalue weighted by Crippen LogP contribution is 2.08. The number of aromatic nitrogens is 3. The molecule has 0 radical (unpaired) electrons. The first-order valence-corrected chi connectivity index (χ1v) is 5.27. The van der Waals surface area contributed by atoms with E-state index in [9.17, 15) is 4.79 Å². The molecular formula is C11H15N3O. The molecule has 0 amide bonds. The van der Waals surface area contributed by atoms with Gasteiger partial charge in [-0.1, -0.05) is 13.8 Å². The van der Waals surface area contributed by atoms with E-state index in [1.807, 2.05) is 24.4 Å². The zero-order chi connectivity index (χ0) is 11.0. The minimum absolute atomic E-state index is 0.00468. The molecule has 0 saturated carbocycles. The minimum Gasteiger partial charge on any atom is -0.307 e. The number of aromatic amines is 1. The van der Waals surface area contributed by atoms with Gasteiger partial charge in [0, 0.05) is 17.3 Å². The standard InChI is InChI=1S/C11H15N3O/c1-4-8-6-10-12-11(15)9(5-2)7(3)14(10)13-8/h6H,4-5H2,1-3H3,(H,12,15). The smallest absolute Gasteiger partial charge is 0.254 e. The van der Waals surface area contributed by atoms with E-state index in [-0.39, 0.29) is 5.56 Å². The highest BCUT2D eigenvalue weighted by Gasteiger charge is 2.09. The first-order chi connectivity index (χ1) is 7.17. The van der Waals surface area contributed by atoms with Crippen molar-refractivity contribution < 1.29 is 0 Å². The second kappa shape index (κ2) is 3.53. The van der Waals surface area contributed by atoms with Crippen molar-refractivity contribution >= 4 is 5.65 Å². The lowest BCUT2D eigenvalue weighted by molar-refractivity contribution is 0.826. The molecule has 4 nitrogen and oxygen atoms in total. The van der Waals surface area contributed by atoms with Gasteiger partial charge in [-0.15, -0.1) is 0 Å². The summed E-state index contributed by atoms with van der Waals surface area (Å²) in [4.78, 5) is 14.5. The van der Waals surface area contributed by atoms with Gasteiger partial charge in [0.2, 0.25) is 0 Å². The van der Waals surface area contributed by atoms with Crippen LogP contribution < -0.4 is 5.56 Å². The van der Waals surface area contributed by atoms with Crippen LogP contribution in [0.1, 0.15) is 30.8 Å². The van der Waals surface area contributed by atoms with Gasteiger partial charge in [-0.25, -0.2) is 4.52 Å². The predicted octanol–water partition coefficient (Wildman–Crippen LogP) is 1.46. The largest absolute Gasteiger partial charge is 0.307 e. The maximum atomic E-state index is 11.7. The summed E-state index contributed by atoms with van der Waals surface area (Å²) in [5, 5.41) is 4.43. The molecule has 4 heteroatoms. The van der Waals surface area contributed by atoms with Crippen molar-refractivity contribution in [1.29, 1.82) is 0 Å². The third-order valence-electron chi connectivity index (χ3n) is 2.75. The number of aryl methyl sites for hydroxylation is 2. The van der Waals surface area contributed by atoms with E-state index in [2.05, 4.69) is 17.0 Å². The van der Waals surface area contributed by atoms with Gasteiger partial charge in [-0.3, -0.25) is 4.79 Å². The summed E-state index contributed by atoms with van der Waals surface area (Å²) >= 11 is 0. The molecular weight excluding hydrogens is 190 g/mol. The molecule has 2 aromatic heterocycles. The normalized spacial score (nSPS) is 11.1. The second-order valence-corrected chi connectivity index (χ2v) is 3.66. The van der Waals surface area contributed by atoms with Crippen LogP contribution in [0.25, 0.3) is 5.65 Å². The Balaban J connectivity index is 2.82. The fraction of sp³-hybridized carbons (Fsp3) is 0.455. The van der Waals surface area contributed by atoms with Crippen LogP contribution in [-0.2, 0) is 12.8 Å². The Labute approximate surface area is 87.9 Å². The third kappa shape index (κ3) is 1.46. The summed E-state index contributed by atoms with van der Waals surface area (Å²) in [7, 11) is 0. The number of hydrogen-bond acceptors (Lipinski definition) is 2. The third-order valence-corrected chi connectivity index (χ3v) is 2.75. The van der Waals surface area contributed by atoms with Crippen molar-refractivity contribution in [3.8, 4) is 0 Å². The zero-order valence-corrected chi connectivity index (χ0v) is 9.29. The van der Waals surface area contributed by atoms with E-state index in [0.717, 1.165) is 35.4 Å². The minimum atomic E-state index is 0.00468. The van der Waals surface area contributed by atoms with Gasteiger partial charge in [0.25, 0.3) is 5.56 Å². The highest BCUT2D eigenvalue weighted by molar-refractivity contribution is 5.41. The lowest BCUT2D eigenvalue weighted by Gasteiger charge is -2.03. The molecule has 2 aromatic rings. The second-order valence-electron chi connectivity index (χ2n) is 3.66. The molecule has 0 atom stereocenters. The maximum absolute atomic E-state index is 11.7. The van der Waals surface area contributed by atoms with Gasteiger partial charge < -0.3 is 4.98 Å². The summed E-state index contributed by atoms with van der Waals surface area (Å²) < 4.78 is 1.82. The van der Waals surface area contributed by atoms with Crippen molar-refractivity contribution in [2.75, 3.05) is 0 Å². The molecule has 0 fully saturated rings. The van der Waals surface area contributed by atoms with Crippen LogP contribution in [0.3, 0.4) is 0 Å². The van der Waals surface area contributed by atoms with Crippen molar-refractivity contribution in [2.45, 2.75) is 33.6 Å². The van der Waals surface area contributed by atoms with E-state index < -0.39 is 0 Å². The quantitative estimate of drug-likeness (QED) is 0.806. The Kier molecular flexibility index (Phi) is 2.34. The molecule has 0 aromatic carbocycles. The molecule has 80 valence electrons. The number of fused-ring (bicyclic) bond motifs is 1. The van der Waals surface area contributed by atoms with Crippen molar-refractivity contribution in [3.63, 3.8) is 0 Å². The summed E-state index contributed by atoms with van der Waals surface area (Å²) in [6.07, 6.45) is 1.61. The van der Waals surface area contributed by atoms with Crippen LogP contribution >= 0.6 is 0 Å². The Bertz CT molecular complexity index is 551. The van der Waals surface area contributed by atoms with Crippen LogP contribution in [0.2, 0.25) is 0 Å². The number of H-pyrrole nitrogens is 1. The molecule has 0 spiro atoms. The van der Waals surface area contributed by atoms with Crippen LogP contribution in [0.5, 0.6) is 0 Å². The van der Waals surface area contributed by atoms with Gasteiger partial charge in [0.1, 0.15) is 5.65 Å². The lowest BCUT2D eigenvalue weighted by Crippen LogP contribution is -2.17. The molecule has 2 heterocycles. The molecule has 2 rings (SSSR count). The van der Waals surface area contributed by atoms with E-state index >= 15 is 0 Å². The Hall–Kier alpha value is -1.58. The topological polar surface area (TPSA) is 50.2 Å². The summed E-state index contributed by atoms with van der Waals surface area (Å²) in [5.74, 6) is 0. The average Bonchev–Trinajstić information content (AvgIpc) is 2.61. The maximum Gasteiger partial charge on any atom is 0.254 e. The van der Waals surface area contributed by atoms with Gasteiger partial charge in [-0.05, 0) is 19.8 Å². The fourth-order valence-electron chi connectivity index (χ4n) is 1.85. The van der Waals surface area contributed by atoms with Gasteiger partial charge in [0.15, 0.2) is 0 Å². The van der Waals surface area contributed by atoms with E-state index in [1.54, 1.807) is 0 Å². The number of rotatable bonds is 2. The van der Waals surface area contributed by atoms with Crippen LogP contribution in [0.4, 0.5) is 0 Å². The number of hydrogen-bond donors (Lipinski definition) is 1. The molecule has 0 aliphatic carbocycles. The average molecular weight is 205 g/mol. The molecule has 1 N–H and O–H groups in total. The summed E-state index contributed by atoms with van der Waals surface area (Å²) in [5.41, 5.74) is 3.54. The van der Waals surface area contributed by atoms with E-state index in [4.69, 9.17) is 0 Å². The molecule has 0 aliphatic heterocycles. The Morgan fingerprint density at radius 1 is 1.40 bits per heavy atom. The van der Waals surface area contributed by atoms with Crippen LogP contribution in [-0.4, -0.2) is 14.6 Å². The van der Waals surface area contributed by atoms with E-state index in [1.165, 1.54) is 0 Å². The zero-order valence-electron chi connectivity index (χ0n) is 9.29. The summed E-state index contributed by atoms with van der Waals surface area (Å²) in [6.45, 7) is 5.97. The highest BCUT2D eigenvalue weighted by atomic mass is 16.1. The fourth-order valence-corrected chi connectivity index (χ4v) is 1.85. The molecule has 0 unspecified atom stereocenters. The molecule has 0 aliphatic rings. The monoisotopic (exact) mass is 205 g/mol. The first-order valence-electron chi connectivity index (χ1n) is 5.27. The number of nitrogens with zero attached hydrogens (tertiary/aromatic N) is 2. The molecule has 0 saturated heterocycles. The van der Waals surface area contributed by atoms with Crippen LogP contribution in [0.15, 0.2) is 10.9 Å². The van der Waals surface area contributed by atoms with Crippen molar-refractivity contribution in [1.82, 2.24) is 14.6 Å². The van der Waals surface area contributed by atoms with Crippen molar-refractivity contribution in [3.05, 3.63) is 33.4 Å². The SMILES string of the molecule is CCc1cc2[nH]c(=O)c(CC)c(C)n2n1. The van der Waals surface area contributed by atoms with E-state index in [0.29, 0.717) is 0 Å². The van der Waals surface area contributed by atoms with Gasteiger partial charge in [-0.2, -0.15) is 5.10 Å². The van der Waals surface area contributed by atoms with Crippen LogP contribution in [0, 0.1) is 6.92 Å². The molecule has 0 bridgehead atoms. The first kappa shape index (κ1) is 9.96. The van der Waals surface area contributed by atoms with Gasteiger partial charge in [0.05, 0.1) is 5.69 Å². The predicted molar refractivity (Wildman–Crippen MR) is 59.3 cm³/mol. The van der Waals surface area contributed by atoms with Crippen molar-refractivity contribution in [2.24, 2.45) is 0 Å². The Morgan fingerprint density at radius 3 is 2.73 bits per heavy atom. The Morgan fingerprint density at radius 2 is 2.13 bits per heavy atom. The number of nitrogens with one attached hydrogen (secondary N) is 1. The lowest BCUT2D eigenvalue weighted by atomic mass is 10.2. The molecule has 15 heavy (non-hydrogen) atoms. The van der Waals surface area contributed by atoms with Gasteiger partial charge >= 0.3 is 0 Å². The summed E-state index contributed by atoms with van der Waals surface area (Å²) in [6, 6.07) is 1.92.